The summed E-state index contributed by atoms with van der Waals surface area (Å²) >= 11 is 0. The molecule has 0 aromatic heterocycles. The van der Waals surface area contributed by atoms with Crippen molar-refractivity contribution in [3.63, 3.8) is 0 Å². The summed E-state index contributed by atoms with van der Waals surface area (Å²) in [4.78, 5) is 36.2. The Hall–Kier alpha value is 2.68. The first kappa shape index (κ1) is 36.1. The van der Waals surface area contributed by atoms with Crippen molar-refractivity contribution in [3.05, 3.63) is 0 Å². The zero-order valence-corrected chi connectivity index (χ0v) is 18.0. The molecule has 0 aromatic rings. The average molecular weight is 274 g/mol. The Balaban J connectivity index is -0.0000000230. The summed E-state index contributed by atoms with van der Waals surface area (Å²) in [6, 6.07) is 0. The van der Waals surface area contributed by atoms with Gasteiger partial charge in [0.2, 0.25) is 0 Å². The molecule has 0 atom stereocenters. The molecule has 13 heteroatoms. The van der Waals surface area contributed by atoms with Gasteiger partial charge in [0.25, 0.3) is 0 Å². The van der Waals surface area contributed by atoms with Crippen LogP contribution in [0.4, 0.5) is 9.59 Å². The Morgan fingerprint density at radius 1 is 1.00 bits per heavy atom. The molecule has 0 bridgehead atoms. The third-order valence-electron chi connectivity index (χ3n) is 0.197. The summed E-state index contributed by atoms with van der Waals surface area (Å²) in [6.45, 7) is 0. The molecule has 0 saturated carbocycles. The van der Waals surface area contributed by atoms with Crippen molar-refractivity contribution in [2.45, 2.75) is 0 Å². The van der Waals surface area contributed by atoms with Gasteiger partial charge in [-0.15, -0.1) is 0 Å². The standard InChI is InChI=1S/CH2O5Si.CH2O3.4Na/c2-1(3)6-7(4)5;2-1(3)4;;;;/h7H,(H,2,3);(H2,2,3,4);;;;/q-2;;4*+1/p-2. The van der Waals surface area contributed by atoms with Crippen molar-refractivity contribution in [3.8, 4) is 0 Å². The Morgan fingerprint density at radius 3 is 1.20 bits per heavy atom. The smallest absolute Gasteiger partial charge is 0.842 e. The Morgan fingerprint density at radius 2 is 1.20 bits per heavy atom. The van der Waals surface area contributed by atoms with E-state index < -0.39 is 21.8 Å². The predicted molar refractivity (Wildman–Crippen MR) is 21.7 cm³/mol. The van der Waals surface area contributed by atoms with E-state index >= 15 is 0 Å². The summed E-state index contributed by atoms with van der Waals surface area (Å²) in [5.41, 5.74) is 0. The molecule has 0 saturated heterocycles. The minimum Gasteiger partial charge on any atom is -0.842 e. The maximum Gasteiger partial charge on any atom is 1.00 e. The van der Waals surface area contributed by atoms with Gasteiger partial charge in [0.05, 0.1) is 9.53 Å². The van der Waals surface area contributed by atoms with Crippen LogP contribution in [0.3, 0.4) is 0 Å². The van der Waals surface area contributed by atoms with E-state index in [1.807, 2.05) is 0 Å². The Labute approximate surface area is 176 Å². The topological polar surface area (TPSA) is 156 Å². The summed E-state index contributed by atoms with van der Waals surface area (Å²) < 4.78 is 3.19. The summed E-state index contributed by atoms with van der Waals surface area (Å²) in [5.74, 6) is 0. The van der Waals surface area contributed by atoms with Crippen molar-refractivity contribution < 1.29 is 157 Å². The Bertz CT molecular complexity index is 139. The molecule has 0 radical (unpaired) electrons. The zero-order valence-electron chi connectivity index (χ0n) is 8.88. The van der Waals surface area contributed by atoms with E-state index in [2.05, 4.69) is 4.43 Å². The van der Waals surface area contributed by atoms with Crippen molar-refractivity contribution in [1.29, 1.82) is 0 Å². The third kappa shape index (κ3) is 80.6. The summed E-state index contributed by atoms with van der Waals surface area (Å²) in [7, 11) is -3.83. The first-order valence-electron chi connectivity index (χ1n) is 1.95. The molecule has 0 aliphatic carbocycles. The molecule has 0 unspecified atom stereocenters. The molecular formula is C2H2Na4O8Si. The Kier molecular flexibility index (Phi) is 61.3. The van der Waals surface area contributed by atoms with Crippen LogP contribution < -0.4 is 138 Å². The van der Waals surface area contributed by atoms with Crippen LogP contribution in [0.5, 0.6) is 0 Å². The van der Waals surface area contributed by atoms with Crippen LogP contribution in [-0.4, -0.2) is 26.9 Å². The van der Waals surface area contributed by atoms with Gasteiger partial charge in [-0.25, -0.2) is 4.79 Å². The van der Waals surface area contributed by atoms with E-state index in [1.165, 1.54) is 0 Å². The van der Waals surface area contributed by atoms with E-state index in [0.29, 0.717) is 0 Å². The van der Waals surface area contributed by atoms with Gasteiger partial charge in [-0.1, -0.05) is 0 Å². The fraction of sp³-hybridized carbons (Fsp3) is 0. The second-order valence-corrected chi connectivity index (χ2v) is 1.74. The number of hydrogen-bond acceptors (Lipinski definition) is 7. The van der Waals surface area contributed by atoms with Gasteiger partial charge in [-0.3, -0.25) is 0 Å². The fourth-order valence-corrected chi connectivity index (χ4v) is 0.247. The number of carboxylic acid groups (broad SMARTS) is 3. The monoisotopic (exact) mass is 274 g/mol. The van der Waals surface area contributed by atoms with Crippen LogP contribution in [0.25, 0.3) is 0 Å². The fourth-order valence-electron chi connectivity index (χ4n) is 0.0823. The first-order valence-corrected chi connectivity index (χ1v) is 3.37. The van der Waals surface area contributed by atoms with Crippen LogP contribution in [0.1, 0.15) is 0 Å². The van der Waals surface area contributed by atoms with Gasteiger partial charge in [-0.2, -0.15) is 0 Å². The van der Waals surface area contributed by atoms with Crippen LogP contribution in [0.2, 0.25) is 0 Å². The molecule has 15 heavy (non-hydrogen) atoms. The van der Waals surface area contributed by atoms with Gasteiger partial charge in [0.1, 0.15) is 0 Å². The van der Waals surface area contributed by atoms with Crippen molar-refractivity contribution in [1.82, 2.24) is 0 Å². The van der Waals surface area contributed by atoms with Crippen LogP contribution in [0, 0.1) is 0 Å². The van der Waals surface area contributed by atoms with E-state index in [9.17, 15) is 14.4 Å². The molecule has 8 nitrogen and oxygen atoms in total. The molecule has 1 N–H and O–H groups in total. The van der Waals surface area contributed by atoms with Gasteiger partial charge in [0, 0.05) is 0 Å². The van der Waals surface area contributed by atoms with E-state index in [1.54, 1.807) is 0 Å². The maximum absolute atomic E-state index is 9.32. The zero-order chi connectivity index (χ0) is 9.44. The molecule has 0 fully saturated rings. The number of rotatable bonds is 1. The summed E-state index contributed by atoms with van der Waals surface area (Å²) in [5, 5.41) is 24.2. The van der Waals surface area contributed by atoms with E-state index in [0.717, 1.165) is 0 Å². The second kappa shape index (κ2) is 25.5. The van der Waals surface area contributed by atoms with Crippen LogP contribution in [0.15, 0.2) is 0 Å². The van der Waals surface area contributed by atoms with Crippen molar-refractivity contribution >= 4 is 21.8 Å². The SMILES string of the molecule is O=C(O)O[SiH]([O-])[O-].O=C([O-])[O-].[Na+].[Na+].[Na+].[Na+]. The molecular weight excluding hydrogens is 272 g/mol. The second-order valence-electron chi connectivity index (χ2n) is 0.922. The molecule has 0 aromatic carbocycles. The summed E-state index contributed by atoms with van der Waals surface area (Å²) in [6.07, 6.45) is -4.11. The number of carbonyl (C=O) groups is 2. The van der Waals surface area contributed by atoms with Crippen LogP contribution >= 0.6 is 0 Å². The van der Waals surface area contributed by atoms with Crippen LogP contribution in [-0.2, 0) is 4.43 Å². The number of hydrogen-bond donors (Lipinski definition) is 1. The van der Waals surface area contributed by atoms with Crippen molar-refractivity contribution in [2.75, 3.05) is 0 Å². The molecule has 0 spiro atoms. The average Bonchev–Trinajstić information content (AvgIpc) is 1.56. The largest absolute Gasteiger partial charge is 1.00 e. The van der Waals surface area contributed by atoms with Gasteiger partial charge >= 0.3 is 124 Å². The van der Waals surface area contributed by atoms with Gasteiger partial charge in [-0.05, 0) is 6.16 Å². The molecule has 66 valence electrons. The molecule has 0 amide bonds. The predicted octanol–water partition coefficient (Wildman–Crippen LogP) is -17.3. The molecule has 0 aliphatic rings. The normalized spacial score (nSPS) is 5.80. The third-order valence-corrected chi connectivity index (χ3v) is 0.591. The molecule has 0 rings (SSSR count). The van der Waals surface area contributed by atoms with Crippen molar-refractivity contribution in [2.24, 2.45) is 0 Å². The van der Waals surface area contributed by atoms with E-state index in [-0.39, 0.29) is 118 Å². The van der Waals surface area contributed by atoms with Gasteiger partial charge in [0.15, 0.2) is 0 Å². The minimum absolute atomic E-state index is 0. The number of carbonyl (C=O) groups excluding carboxylic acids is 1. The molecule has 0 aliphatic heterocycles. The van der Waals surface area contributed by atoms with E-state index in [4.69, 9.17) is 20.1 Å². The molecule has 0 heterocycles. The first-order chi connectivity index (χ1) is 4.86. The maximum atomic E-state index is 9.32. The quantitative estimate of drug-likeness (QED) is 0.462. The van der Waals surface area contributed by atoms with Gasteiger partial charge < -0.3 is 34.1 Å². The minimum atomic E-state index is -3.83.